The molecule has 0 saturated heterocycles. The van der Waals surface area contributed by atoms with Crippen molar-refractivity contribution in [2.75, 3.05) is 11.9 Å². The van der Waals surface area contributed by atoms with E-state index in [0.717, 1.165) is 31.5 Å². The van der Waals surface area contributed by atoms with Crippen LogP contribution in [0.3, 0.4) is 0 Å². The maximum absolute atomic E-state index is 13.0. The van der Waals surface area contributed by atoms with Gasteiger partial charge in [0.15, 0.2) is 0 Å². The first-order valence-corrected chi connectivity index (χ1v) is 9.59. The fourth-order valence-electron chi connectivity index (χ4n) is 2.99. The molecule has 0 unspecified atom stereocenters. The summed E-state index contributed by atoms with van der Waals surface area (Å²) in [7, 11) is 0. The summed E-state index contributed by atoms with van der Waals surface area (Å²) < 4.78 is 38.9. The third-order valence-corrected chi connectivity index (χ3v) is 4.60. The molecule has 8 nitrogen and oxygen atoms in total. The third kappa shape index (κ3) is 4.39. The number of imidazole rings is 1. The number of fused-ring (bicyclic) bond motifs is 1. The molecule has 0 aliphatic rings. The number of anilines is 1. The predicted molar refractivity (Wildman–Crippen MR) is 109 cm³/mol. The lowest BCUT2D eigenvalue weighted by Crippen LogP contribution is -2.12. The van der Waals surface area contributed by atoms with Crippen molar-refractivity contribution in [1.29, 1.82) is 0 Å². The smallest absolute Gasteiger partial charge is 0.354 e. The molecule has 0 radical (unpaired) electrons. The van der Waals surface area contributed by atoms with E-state index >= 15 is 0 Å². The van der Waals surface area contributed by atoms with Gasteiger partial charge in [0.05, 0.1) is 27.9 Å². The maximum Gasteiger partial charge on any atom is 0.416 e. The van der Waals surface area contributed by atoms with Gasteiger partial charge < -0.3 is 10.3 Å². The summed E-state index contributed by atoms with van der Waals surface area (Å²) in [5.41, 5.74) is 0.123. The van der Waals surface area contributed by atoms with Gasteiger partial charge in [0, 0.05) is 12.7 Å². The van der Waals surface area contributed by atoms with Crippen molar-refractivity contribution in [1.82, 2.24) is 30.1 Å². The summed E-state index contributed by atoms with van der Waals surface area (Å²) >= 11 is 0. The van der Waals surface area contributed by atoms with E-state index in [-0.39, 0.29) is 16.9 Å². The van der Waals surface area contributed by atoms with Gasteiger partial charge in [0.1, 0.15) is 11.5 Å². The Hall–Kier alpha value is -3.76. The van der Waals surface area contributed by atoms with Gasteiger partial charge in [-0.2, -0.15) is 18.3 Å². The van der Waals surface area contributed by atoms with E-state index in [0.29, 0.717) is 22.9 Å². The Bertz CT molecular complexity index is 1280. The molecule has 0 atom stereocenters. The van der Waals surface area contributed by atoms with E-state index in [9.17, 15) is 18.0 Å². The zero-order chi connectivity index (χ0) is 22.0. The van der Waals surface area contributed by atoms with Crippen molar-refractivity contribution in [3.05, 3.63) is 52.4 Å². The van der Waals surface area contributed by atoms with E-state index < -0.39 is 17.3 Å². The minimum atomic E-state index is -4.48. The SMILES string of the molecule is CCCCNc1nccc(-c2cc(-c3nc4ccc(C(F)(F)F)cc4[nH]3)c(=O)[nH]n2)n1. The molecule has 31 heavy (non-hydrogen) atoms. The summed E-state index contributed by atoms with van der Waals surface area (Å²) in [6.45, 7) is 2.80. The summed E-state index contributed by atoms with van der Waals surface area (Å²) in [5, 5.41) is 9.53. The van der Waals surface area contributed by atoms with Crippen LogP contribution in [0.15, 0.2) is 41.3 Å². The Balaban J connectivity index is 1.70. The number of hydrogen-bond acceptors (Lipinski definition) is 6. The molecule has 11 heteroatoms. The molecule has 4 rings (SSSR count). The van der Waals surface area contributed by atoms with Gasteiger partial charge in [-0.3, -0.25) is 4.79 Å². The molecule has 4 aromatic rings. The van der Waals surface area contributed by atoms with Crippen molar-refractivity contribution in [3.8, 4) is 22.8 Å². The second-order valence-corrected chi connectivity index (χ2v) is 6.86. The highest BCUT2D eigenvalue weighted by molar-refractivity contribution is 5.80. The van der Waals surface area contributed by atoms with Gasteiger partial charge in [-0.05, 0) is 36.8 Å². The zero-order valence-corrected chi connectivity index (χ0v) is 16.4. The highest BCUT2D eigenvalue weighted by Gasteiger charge is 2.30. The lowest BCUT2D eigenvalue weighted by atomic mass is 10.2. The van der Waals surface area contributed by atoms with Gasteiger partial charge >= 0.3 is 6.18 Å². The van der Waals surface area contributed by atoms with Crippen LogP contribution in [0.2, 0.25) is 0 Å². The third-order valence-electron chi connectivity index (χ3n) is 4.60. The summed E-state index contributed by atoms with van der Waals surface area (Å²) in [6, 6.07) is 6.29. The normalized spacial score (nSPS) is 11.7. The molecule has 0 aliphatic carbocycles. The van der Waals surface area contributed by atoms with Crippen LogP contribution < -0.4 is 10.9 Å². The van der Waals surface area contributed by atoms with Crippen LogP contribution >= 0.6 is 0 Å². The number of nitrogens with zero attached hydrogens (tertiary/aromatic N) is 4. The Morgan fingerprint density at radius 3 is 2.71 bits per heavy atom. The number of nitrogens with one attached hydrogen (secondary N) is 3. The van der Waals surface area contributed by atoms with Gasteiger partial charge in [0.2, 0.25) is 5.95 Å². The highest BCUT2D eigenvalue weighted by Crippen LogP contribution is 2.31. The topological polar surface area (TPSA) is 112 Å². The molecule has 0 bridgehead atoms. The molecule has 1 aromatic carbocycles. The van der Waals surface area contributed by atoms with Crippen LogP contribution in [0.25, 0.3) is 33.8 Å². The molecule has 0 saturated carbocycles. The standard InChI is InChI=1S/C20H18F3N7O/c1-2-3-7-24-19-25-8-6-14(28-19)16-10-12(18(31)30-29-16)17-26-13-5-4-11(20(21,22)23)9-15(13)27-17/h4-6,8-10H,2-3,7H2,1H3,(H,26,27)(H,30,31)(H,24,25,28). The number of aromatic nitrogens is 6. The number of rotatable bonds is 6. The van der Waals surface area contributed by atoms with E-state index in [1.807, 2.05) is 0 Å². The van der Waals surface area contributed by atoms with E-state index in [2.05, 4.69) is 42.4 Å². The van der Waals surface area contributed by atoms with Crippen molar-refractivity contribution in [2.24, 2.45) is 0 Å². The van der Waals surface area contributed by atoms with Crippen LogP contribution in [-0.2, 0) is 6.18 Å². The average Bonchev–Trinajstić information content (AvgIpc) is 3.17. The lowest BCUT2D eigenvalue weighted by molar-refractivity contribution is -0.137. The van der Waals surface area contributed by atoms with Crippen molar-refractivity contribution < 1.29 is 13.2 Å². The molecule has 3 heterocycles. The lowest BCUT2D eigenvalue weighted by Gasteiger charge is -2.06. The molecule has 0 fully saturated rings. The van der Waals surface area contributed by atoms with Crippen LogP contribution in [0, 0.1) is 0 Å². The van der Waals surface area contributed by atoms with Gasteiger partial charge in [-0.1, -0.05) is 13.3 Å². The first-order valence-electron chi connectivity index (χ1n) is 9.59. The monoisotopic (exact) mass is 429 g/mol. The van der Waals surface area contributed by atoms with E-state index in [4.69, 9.17) is 0 Å². The average molecular weight is 429 g/mol. The highest BCUT2D eigenvalue weighted by atomic mass is 19.4. The number of halogens is 3. The zero-order valence-electron chi connectivity index (χ0n) is 16.4. The van der Waals surface area contributed by atoms with Crippen LogP contribution in [0.5, 0.6) is 0 Å². The summed E-state index contributed by atoms with van der Waals surface area (Å²) in [5.74, 6) is 0.568. The Morgan fingerprint density at radius 1 is 1.10 bits per heavy atom. The van der Waals surface area contributed by atoms with Crippen LogP contribution in [-0.4, -0.2) is 36.7 Å². The predicted octanol–water partition coefficient (Wildman–Crippen LogP) is 4.00. The van der Waals surface area contributed by atoms with Gasteiger partial charge in [0.25, 0.3) is 5.56 Å². The summed E-state index contributed by atoms with van der Waals surface area (Å²) in [4.78, 5) is 27.9. The molecule has 0 amide bonds. The molecule has 3 aromatic heterocycles. The number of alkyl halides is 3. The molecular weight excluding hydrogens is 411 g/mol. The molecular formula is C20H18F3N7O. The summed E-state index contributed by atoms with van der Waals surface area (Å²) in [6.07, 6.45) is -0.907. The maximum atomic E-state index is 13.0. The first kappa shape index (κ1) is 20.5. The largest absolute Gasteiger partial charge is 0.416 e. The fraction of sp³-hybridized carbons (Fsp3) is 0.250. The number of unbranched alkanes of at least 4 members (excludes halogenated alkanes) is 1. The quantitative estimate of drug-likeness (QED) is 0.400. The second-order valence-electron chi connectivity index (χ2n) is 6.86. The number of H-pyrrole nitrogens is 2. The molecule has 0 aliphatic heterocycles. The fourth-order valence-corrected chi connectivity index (χ4v) is 2.99. The Morgan fingerprint density at radius 2 is 1.94 bits per heavy atom. The minimum Gasteiger partial charge on any atom is -0.354 e. The second kappa shape index (κ2) is 8.17. The van der Waals surface area contributed by atoms with E-state index in [1.54, 1.807) is 12.3 Å². The van der Waals surface area contributed by atoms with Crippen LogP contribution in [0.1, 0.15) is 25.3 Å². The van der Waals surface area contributed by atoms with Gasteiger partial charge in [-0.25, -0.2) is 20.1 Å². The number of hydrogen-bond donors (Lipinski definition) is 3. The van der Waals surface area contributed by atoms with Crippen molar-refractivity contribution in [3.63, 3.8) is 0 Å². The van der Waals surface area contributed by atoms with Crippen molar-refractivity contribution >= 4 is 17.0 Å². The number of aromatic amines is 2. The number of benzene rings is 1. The van der Waals surface area contributed by atoms with E-state index in [1.165, 1.54) is 12.1 Å². The molecule has 160 valence electrons. The molecule has 0 spiro atoms. The first-order chi connectivity index (χ1) is 14.8. The van der Waals surface area contributed by atoms with Crippen LogP contribution in [0.4, 0.5) is 19.1 Å². The minimum absolute atomic E-state index is 0.133. The Kier molecular flexibility index (Phi) is 5.40. The van der Waals surface area contributed by atoms with Crippen molar-refractivity contribution in [2.45, 2.75) is 25.9 Å². The van der Waals surface area contributed by atoms with Gasteiger partial charge in [-0.15, -0.1) is 0 Å². The Labute approximate surface area is 174 Å². The molecule has 3 N–H and O–H groups in total.